The molecule has 0 amide bonds. The lowest BCUT2D eigenvalue weighted by atomic mass is 10.1. The molecule has 0 aliphatic carbocycles. The molecule has 2 N–H and O–H groups in total. The predicted molar refractivity (Wildman–Crippen MR) is 70.3 cm³/mol. The van der Waals surface area contributed by atoms with Crippen molar-refractivity contribution in [2.45, 2.75) is 19.9 Å². The van der Waals surface area contributed by atoms with Crippen LogP contribution in [0.3, 0.4) is 0 Å². The average Bonchev–Trinajstić information content (AvgIpc) is 2.26. The van der Waals surface area contributed by atoms with Gasteiger partial charge in [-0.15, -0.1) is 0 Å². The van der Waals surface area contributed by atoms with Gasteiger partial charge in [0.1, 0.15) is 5.82 Å². The highest BCUT2D eigenvalue weighted by molar-refractivity contribution is 7.88. The van der Waals surface area contributed by atoms with Gasteiger partial charge in [0, 0.05) is 13.1 Å². The molecule has 4 nitrogen and oxygen atoms in total. The fourth-order valence-corrected chi connectivity index (χ4v) is 2.04. The summed E-state index contributed by atoms with van der Waals surface area (Å²) in [4.78, 5) is 0. The lowest BCUT2D eigenvalue weighted by molar-refractivity contribution is 0.579. The second-order valence-electron chi connectivity index (χ2n) is 4.28. The number of aryl methyl sites for hydroxylation is 1. The molecule has 0 heterocycles. The maximum atomic E-state index is 13.0. The summed E-state index contributed by atoms with van der Waals surface area (Å²) in [5.74, 6) is -0.198. The zero-order valence-electron chi connectivity index (χ0n) is 10.7. The third-order valence-corrected chi connectivity index (χ3v) is 3.17. The van der Waals surface area contributed by atoms with Gasteiger partial charge < -0.3 is 5.32 Å². The minimum atomic E-state index is -3.09. The second-order valence-corrected chi connectivity index (χ2v) is 6.11. The van der Waals surface area contributed by atoms with E-state index >= 15 is 0 Å². The highest BCUT2D eigenvalue weighted by Crippen LogP contribution is 2.08. The summed E-state index contributed by atoms with van der Waals surface area (Å²) in [5, 5.41) is 3.18. The van der Waals surface area contributed by atoms with E-state index in [9.17, 15) is 12.8 Å². The quantitative estimate of drug-likeness (QED) is 0.734. The van der Waals surface area contributed by atoms with Crippen LogP contribution in [0.4, 0.5) is 4.39 Å². The number of hydrogen-bond acceptors (Lipinski definition) is 3. The van der Waals surface area contributed by atoms with Crippen molar-refractivity contribution in [1.29, 1.82) is 0 Å². The van der Waals surface area contributed by atoms with E-state index in [1.807, 2.05) is 0 Å². The normalized spacial score (nSPS) is 11.7. The van der Waals surface area contributed by atoms with E-state index in [2.05, 4.69) is 10.0 Å². The molecule has 0 spiro atoms. The van der Waals surface area contributed by atoms with Crippen LogP contribution in [0, 0.1) is 12.7 Å². The maximum Gasteiger partial charge on any atom is 0.208 e. The Labute approximate surface area is 108 Å². The molecule has 1 aromatic carbocycles. The van der Waals surface area contributed by atoms with Crippen molar-refractivity contribution in [2.75, 3.05) is 19.3 Å². The van der Waals surface area contributed by atoms with Gasteiger partial charge in [0.25, 0.3) is 0 Å². The third kappa shape index (κ3) is 6.09. The summed E-state index contributed by atoms with van der Waals surface area (Å²) < 4.78 is 37.0. The second kappa shape index (κ2) is 6.82. The molecule has 0 radical (unpaired) electrons. The minimum Gasteiger partial charge on any atom is -0.313 e. The summed E-state index contributed by atoms with van der Waals surface area (Å²) in [6.07, 6.45) is 1.86. The molecular weight excluding hydrogens is 255 g/mol. The average molecular weight is 274 g/mol. The number of benzene rings is 1. The number of halogens is 1. The van der Waals surface area contributed by atoms with Crippen molar-refractivity contribution in [3.05, 3.63) is 35.1 Å². The standard InChI is InChI=1S/C12H19FN2O2S/c1-10-8-11(4-5-12(10)13)9-14-6-3-7-15-18(2,16)17/h4-5,8,14-15H,3,6-7,9H2,1-2H3. The van der Waals surface area contributed by atoms with E-state index in [1.165, 1.54) is 6.07 Å². The lowest BCUT2D eigenvalue weighted by Crippen LogP contribution is -2.26. The zero-order chi connectivity index (χ0) is 13.6. The first-order valence-electron chi connectivity index (χ1n) is 5.79. The van der Waals surface area contributed by atoms with Gasteiger partial charge in [0.2, 0.25) is 10.0 Å². The van der Waals surface area contributed by atoms with E-state index in [-0.39, 0.29) is 5.82 Å². The van der Waals surface area contributed by atoms with Gasteiger partial charge in [-0.3, -0.25) is 0 Å². The molecule has 0 atom stereocenters. The van der Waals surface area contributed by atoms with Gasteiger partial charge in [-0.25, -0.2) is 17.5 Å². The molecule has 1 aromatic rings. The van der Waals surface area contributed by atoms with E-state index in [0.717, 1.165) is 11.8 Å². The molecule has 0 saturated heterocycles. The maximum absolute atomic E-state index is 13.0. The largest absolute Gasteiger partial charge is 0.313 e. The van der Waals surface area contributed by atoms with Crippen LogP contribution in [0.2, 0.25) is 0 Å². The highest BCUT2D eigenvalue weighted by atomic mass is 32.2. The number of hydrogen-bond donors (Lipinski definition) is 2. The van der Waals surface area contributed by atoms with E-state index < -0.39 is 10.0 Å². The summed E-state index contributed by atoms with van der Waals surface area (Å²) in [6.45, 7) is 3.52. The Morgan fingerprint density at radius 2 is 2.00 bits per heavy atom. The molecule has 1 rings (SSSR count). The van der Waals surface area contributed by atoms with Gasteiger partial charge >= 0.3 is 0 Å². The third-order valence-electron chi connectivity index (χ3n) is 2.45. The lowest BCUT2D eigenvalue weighted by Gasteiger charge is -2.06. The molecular formula is C12H19FN2O2S. The van der Waals surface area contributed by atoms with Crippen LogP contribution in [0.5, 0.6) is 0 Å². The predicted octanol–water partition coefficient (Wildman–Crippen LogP) is 1.16. The van der Waals surface area contributed by atoms with Gasteiger partial charge in [-0.2, -0.15) is 0 Å². The van der Waals surface area contributed by atoms with Crippen LogP contribution >= 0.6 is 0 Å². The van der Waals surface area contributed by atoms with Gasteiger partial charge in [-0.05, 0) is 37.1 Å². The van der Waals surface area contributed by atoms with Crippen LogP contribution in [0.25, 0.3) is 0 Å². The Morgan fingerprint density at radius 3 is 2.61 bits per heavy atom. The van der Waals surface area contributed by atoms with Crippen LogP contribution in [0.1, 0.15) is 17.5 Å². The molecule has 0 aliphatic rings. The first-order valence-corrected chi connectivity index (χ1v) is 7.68. The van der Waals surface area contributed by atoms with E-state index in [1.54, 1.807) is 19.1 Å². The Balaban J connectivity index is 2.20. The Kier molecular flexibility index (Phi) is 5.71. The molecule has 0 fully saturated rings. The minimum absolute atomic E-state index is 0.198. The van der Waals surface area contributed by atoms with Crippen molar-refractivity contribution in [3.63, 3.8) is 0 Å². The van der Waals surface area contributed by atoms with Crippen LogP contribution in [0.15, 0.2) is 18.2 Å². The van der Waals surface area contributed by atoms with E-state index in [4.69, 9.17) is 0 Å². The summed E-state index contributed by atoms with van der Waals surface area (Å²) in [7, 11) is -3.09. The molecule has 18 heavy (non-hydrogen) atoms. The number of rotatable bonds is 7. The fourth-order valence-electron chi connectivity index (χ4n) is 1.52. The molecule has 102 valence electrons. The van der Waals surface area contributed by atoms with E-state index in [0.29, 0.717) is 31.6 Å². The Hall–Kier alpha value is -0.980. The number of sulfonamides is 1. The Bertz CT molecular complexity index is 489. The smallest absolute Gasteiger partial charge is 0.208 e. The fraction of sp³-hybridized carbons (Fsp3) is 0.500. The van der Waals surface area contributed by atoms with Crippen LogP contribution in [-0.2, 0) is 16.6 Å². The van der Waals surface area contributed by atoms with Gasteiger partial charge in [0.15, 0.2) is 0 Å². The monoisotopic (exact) mass is 274 g/mol. The first-order chi connectivity index (χ1) is 8.38. The SMILES string of the molecule is Cc1cc(CNCCCNS(C)(=O)=O)ccc1F. The van der Waals surface area contributed by atoms with Crippen molar-refractivity contribution in [1.82, 2.24) is 10.0 Å². The summed E-state index contributed by atoms with van der Waals surface area (Å²) in [6, 6.07) is 5.00. The topological polar surface area (TPSA) is 58.2 Å². The van der Waals surface area contributed by atoms with Crippen molar-refractivity contribution < 1.29 is 12.8 Å². The van der Waals surface area contributed by atoms with Gasteiger partial charge in [-0.1, -0.05) is 12.1 Å². The molecule has 0 bridgehead atoms. The van der Waals surface area contributed by atoms with Gasteiger partial charge in [0.05, 0.1) is 6.26 Å². The summed E-state index contributed by atoms with van der Waals surface area (Å²) in [5.41, 5.74) is 1.65. The highest BCUT2D eigenvalue weighted by Gasteiger charge is 2.00. The van der Waals surface area contributed by atoms with Crippen molar-refractivity contribution in [3.8, 4) is 0 Å². The number of nitrogens with one attached hydrogen (secondary N) is 2. The summed E-state index contributed by atoms with van der Waals surface area (Å²) >= 11 is 0. The molecule has 6 heteroatoms. The molecule has 0 unspecified atom stereocenters. The first kappa shape index (κ1) is 15.1. The molecule has 0 aliphatic heterocycles. The Morgan fingerprint density at radius 1 is 1.28 bits per heavy atom. The van der Waals surface area contributed by atoms with Crippen LogP contribution in [-0.4, -0.2) is 27.8 Å². The zero-order valence-corrected chi connectivity index (χ0v) is 11.5. The van der Waals surface area contributed by atoms with Crippen molar-refractivity contribution >= 4 is 10.0 Å². The van der Waals surface area contributed by atoms with Crippen LogP contribution < -0.4 is 10.0 Å². The molecule has 0 aromatic heterocycles. The van der Waals surface area contributed by atoms with Crippen molar-refractivity contribution in [2.24, 2.45) is 0 Å². The molecule has 0 saturated carbocycles.